The average molecular weight is 240 g/mol. The van der Waals surface area contributed by atoms with Crippen LogP contribution in [0, 0.1) is 5.92 Å². The van der Waals surface area contributed by atoms with Gasteiger partial charge < -0.3 is 5.73 Å². The molecule has 0 heterocycles. The summed E-state index contributed by atoms with van der Waals surface area (Å²) in [7, 11) is 0. The minimum atomic E-state index is 0.193. The first kappa shape index (κ1) is 8.75. The molecular formula is C10H10BrNO. The van der Waals surface area contributed by atoms with Crippen LogP contribution in [-0.2, 0) is 0 Å². The lowest BCUT2D eigenvalue weighted by atomic mass is 10.1. The summed E-state index contributed by atoms with van der Waals surface area (Å²) in [4.78, 5) is 11.7. The molecule has 1 aromatic carbocycles. The van der Waals surface area contributed by atoms with E-state index < -0.39 is 0 Å². The first-order valence-electron chi connectivity index (χ1n) is 4.28. The van der Waals surface area contributed by atoms with Gasteiger partial charge in [-0.15, -0.1) is 0 Å². The van der Waals surface area contributed by atoms with Gasteiger partial charge in [-0.1, -0.05) is 6.07 Å². The van der Waals surface area contributed by atoms with E-state index >= 15 is 0 Å². The topological polar surface area (TPSA) is 43.1 Å². The fourth-order valence-corrected chi connectivity index (χ4v) is 1.68. The summed E-state index contributed by atoms with van der Waals surface area (Å²) in [6.07, 6.45) is 2.04. The summed E-state index contributed by atoms with van der Waals surface area (Å²) in [6.45, 7) is 0. The van der Waals surface area contributed by atoms with Crippen molar-refractivity contribution in [2.75, 3.05) is 5.73 Å². The quantitative estimate of drug-likeness (QED) is 0.637. The Balaban J connectivity index is 2.38. The number of hydrogen-bond donors (Lipinski definition) is 1. The van der Waals surface area contributed by atoms with Crippen molar-refractivity contribution in [3.05, 3.63) is 28.2 Å². The van der Waals surface area contributed by atoms with E-state index in [1.807, 2.05) is 12.1 Å². The van der Waals surface area contributed by atoms with E-state index in [0.29, 0.717) is 11.3 Å². The van der Waals surface area contributed by atoms with Gasteiger partial charge in [0.05, 0.1) is 5.69 Å². The molecule has 0 unspecified atom stereocenters. The maximum Gasteiger partial charge on any atom is 0.168 e. The van der Waals surface area contributed by atoms with Gasteiger partial charge in [-0.05, 0) is 40.9 Å². The Labute approximate surface area is 85.3 Å². The summed E-state index contributed by atoms with van der Waals surface area (Å²) in [6, 6.07) is 5.48. The highest BCUT2D eigenvalue weighted by Crippen LogP contribution is 2.35. The van der Waals surface area contributed by atoms with Crippen LogP contribution in [0.2, 0.25) is 0 Å². The van der Waals surface area contributed by atoms with E-state index in [4.69, 9.17) is 5.73 Å². The average Bonchev–Trinajstić information content (AvgIpc) is 2.91. The van der Waals surface area contributed by atoms with Gasteiger partial charge in [-0.3, -0.25) is 4.79 Å². The van der Waals surface area contributed by atoms with Crippen LogP contribution in [0.3, 0.4) is 0 Å². The van der Waals surface area contributed by atoms with Crippen LogP contribution >= 0.6 is 15.9 Å². The number of hydrogen-bond acceptors (Lipinski definition) is 2. The Morgan fingerprint density at radius 3 is 2.77 bits per heavy atom. The van der Waals surface area contributed by atoms with Crippen LogP contribution in [0.25, 0.3) is 0 Å². The number of Topliss-reactive ketones (excluding diaryl/α,β-unsaturated/α-hetero) is 1. The number of para-hydroxylation sites is 1. The van der Waals surface area contributed by atoms with Gasteiger partial charge >= 0.3 is 0 Å². The smallest absolute Gasteiger partial charge is 0.168 e. The summed E-state index contributed by atoms with van der Waals surface area (Å²) in [5.74, 6) is 0.426. The molecule has 0 aliphatic heterocycles. The molecule has 1 fully saturated rings. The van der Waals surface area contributed by atoms with Crippen LogP contribution in [0.5, 0.6) is 0 Å². The van der Waals surface area contributed by atoms with Crippen LogP contribution < -0.4 is 5.73 Å². The molecule has 1 aliphatic carbocycles. The molecule has 1 aliphatic rings. The summed E-state index contributed by atoms with van der Waals surface area (Å²) < 4.78 is 0.805. The molecule has 2 rings (SSSR count). The van der Waals surface area contributed by atoms with Crippen molar-refractivity contribution in [1.82, 2.24) is 0 Å². The normalized spacial score (nSPS) is 15.8. The van der Waals surface area contributed by atoms with E-state index in [1.165, 1.54) is 0 Å². The van der Waals surface area contributed by atoms with Crippen LogP contribution in [0.1, 0.15) is 23.2 Å². The molecule has 13 heavy (non-hydrogen) atoms. The molecule has 2 N–H and O–H groups in total. The van der Waals surface area contributed by atoms with Gasteiger partial charge in [-0.2, -0.15) is 0 Å². The van der Waals surface area contributed by atoms with Gasteiger partial charge in [0, 0.05) is 16.0 Å². The Morgan fingerprint density at radius 1 is 1.46 bits per heavy atom. The highest BCUT2D eigenvalue weighted by atomic mass is 79.9. The molecule has 0 radical (unpaired) electrons. The predicted octanol–water partition coefficient (Wildman–Crippen LogP) is 2.62. The number of carbonyl (C=O) groups is 1. The standard InChI is InChI=1S/C10H10BrNO/c11-8-3-1-2-7(9(8)12)10(13)6-4-5-6/h1-3,6H,4-5,12H2. The number of ketones is 1. The van der Waals surface area contributed by atoms with Crippen molar-refractivity contribution >= 4 is 27.4 Å². The Morgan fingerprint density at radius 2 is 2.15 bits per heavy atom. The van der Waals surface area contributed by atoms with Gasteiger partial charge in [0.25, 0.3) is 0 Å². The Kier molecular flexibility index (Phi) is 2.12. The summed E-state index contributed by atoms with van der Waals surface area (Å²) in [5.41, 5.74) is 7.01. The van der Waals surface area contributed by atoms with Crippen LogP contribution in [0.15, 0.2) is 22.7 Å². The number of nitrogens with two attached hydrogens (primary N) is 1. The number of halogens is 1. The second kappa shape index (κ2) is 3.14. The van der Waals surface area contributed by atoms with Gasteiger partial charge in [0.2, 0.25) is 0 Å². The molecule has 1 saturated carbocycles. The van der Waals surface area contributed by atoms with Gasteiger partial charge in [0.1, 0.15) is 0 Å². The van der Waals surface area contributed by atoms with Crippen molar-refractivity contribution in [2.45, 2.75) is 12.8 Å². The fourth-order valence-electron chi connectivity index (χ4n) is 1.32. The van der Waals surface area contributed by atoms with Crippen LogP contribution in [-0.4, -0.2) is 5.78 Å². The summed E-state index contributed by atoms with van der Waals surface area (Å²) >= 11 is 3.31. The number of nitrogen functional groups attached to an aromatic ring is 1. The molecule has 0 spiro atoms. The van der Waals surface area contributed by atoms with Gasteiger partial charge in [-0.25, -0.2) is 0 Å². The molecule has 1 aromatic rings. The zero-order valence-corrected chi connectivity index (χ0v) is 8.67. The maximum absolute atomic E-state index is 11.7. The lowest BCUT2D eigenvalue weighted by molar-refractivity contribution is 0.0968. The fraction of sp³-hybridized carbons (Fsp3) is 0.300. The highest BCUT2D eigenvalue weighted by molar-refractivity contribution is 9.10. The van der Waals surface area contributed by atoms with E-state index in [1.54, 1.807) is 6.07 Å². The first-order chi connectivity index (χ1) is 6.20. The SMILES string of the molecule is Nc1c(Br)cccc1C(=O)C1CC1. The molecule has 68 valence electrons. The monoisotopic (exact) mass is 239 g/mol. The lowest BCUT2D eigenvalue weighted by Gasteiger charge is -2.04. The van der Waals surface area contributed by atoms with Crippen molar-refractivity contribution in [1.29, 1.82) is 0 Å². The van der Waals surface area contributed by atoms with Crippen molar-refractivity contribution in [3.63, 3.8) is 0 Å². The molecule has 0 aromatic heterocycles. The zero-order chi connectivity index (χ0) is 9.42. The molecule has 0 bridgehead atoms. The maximum atomic E-state index is 11.7. The number of anilines is 1. The number of benzene rings is 1. The van der Waals surface area contributed by atoms with Crippen molar-refractivity contribution in [3.8, 4) is 0 Å². The molecule has 0 atom stereocenters. The van der Waals surface area contributed by atoms with Gasteiger partial charge in [0.15, 0.2) is 5.78 Å². The third-order valence-electron chi connectivity index (χ3n) is 2.27. The van der Waals surface area contributed by atoms with E-state index in [2.05, 4.69) is 15.9 Å². The van der Waals surface area contributed by atoms with E-state index in [0.717, 1.165) is 17.3 Å². The highest BCUT2D eigenvalue weighted by Gasteiger charge is 2.31. The second-order valence-electron chi connectivity index (χ2n) is 3.34. The number of rotatable bonds is 2. The number of carbonyl (C=O) groups excluding carboxylic acids is 1. The van der Waals surface area contributed by atoms with Crippen LogP contribution in [0.4, 0.5) is 5.69 Å². The molecule has 3 heteroatoms. The molecule has 2 nitrogen and oxygen atoms in total. The summed E-state index contributed by atoms with van der Waals surface area (Å²) in [5, 5.41) is 0. The van der Waals surface area contributed by atoms with E-state index in [-0.39, 0.29) is 11.7 Å². The minimum Gasteiger partial charge on any atom is -0.397 e. The first-order valence-corrected chi connectivity index (χ1v) is 5.07. The largest absolute Gasteiger partial charge is 0.397 e. The third-order valence-corrected chi connectivity index (χ3v) is 2.96. The van der Waals surface area contributed by atoms with Crippen molar-refractivity contribution in [2.24, 2.45) is 5.92 Å². The minimum absolute atomic E-state index is 0.193. The Hall–Kier alpha value is -0.830. The molecule has 0 saturated heterocycles. The third kappa shape index (κ3) is 1.61. The van der Waals surface area contributed by atoms with Crippen molar-refractivity contribution < 1.29 is 4.79 Å². The zero-order valence-electron chi connectivity index (χ0n) is 7.09. The molecule has 0 amide bonds. The Bertz CT molecular complexity index is 358. The van der Waals surface area contributed by atoms with E-state index in [9.17, 15) is 4.79 Å². The lowest BCUT2D eigenvalue weighted by Crippen LogP contribution is -2.05. The second-order valence-corrected chi connectivity index (χ2v) is 4.19. The predicted molar refractivity (Wildman–Crippen MR) is 55.6 cm³/mol. The molecular weight excluding hydrogens is 230 g/mol.